The van der Waals surface area contributed by atoms with Gasteiger partial charge in [-0.1, -0.05) is 48.5 Å². The summed E-state index contributed by atoms with van der Waals surface area (Å²) in [6.45, 7) is 7.00. The molecule has 9 heteroatoms. The summed E-state index contributed by atoms with van der Waals surface area (Å²) in [5, 5.41) is 2.54. The molecule has 0 spiro atoms. The van der Waals surface area contributed by atoms with E-state index in [1.807, 2.05) is 62.4 Å². The number of esters is 1. The lowest BCUT2D eigenvalue weighted by molar-refractivity contribution is -0.150. The SMILES string of the molecule is CCOC(=O)[C@H](C)OP(=O)(CCNC(=O)OCc1ccccc1)Oc1c(C)cccc1C. The van der Waals surface area contributed by atoms with Crippen LogP contribution in [0.4, 0.5) is 4.79 Å². The number of hydrogen-bond donors (Lipinski definition) is 1. The number of carbonyl (C=O) groups excluding carboxylic acids is 2. The predicted octanol–water partition coefficient (Wildman–Crippen LogP) is 4.77. The molecule has 0 saturated heterocycles. The van der Waals surface area contributed by atoms with E-state index in [4.69, 9.17) is 18.5 Å². The number of carbonyl (C=O) groups is 2. The lowest BCUT2D eigenvalue weighted by Crippen LogP contribution is -2.29. The fourth-order valence-corrected chi connectivity index (χ4v) is 4.57. The first-order valence-electron chi connectivity index (χ1n) is 10.4. The van der Waals surface area contributed by atoms with E-state index >= 15 is 0 Å². The van der Waals surface area contributed by atoms with Crippen LogP contribution < -0.4 is 9.84 Å². The fraction of sp³-hybridized carbons (Fsp3) is 0.391. The Hall–Kier alpha value is -2.83. The average molecular weight is 463 g/mol. The number of benzene rings is 2. The summed E-state index contributed by atoms with van der Waals surface area (Å²) in [6.07, 6.45) is -1.92. The summed E-state index contributed by atoms with van der Waals surface area (Å²) < 4.78 is 35.0. The van der Waals surface area contributed by atoms with Crippen LogP contribution in [0, 0.1) is 13.8 Å². The van der Waals surface area contributed by atoms with Crippen molar-refractivity contribution in [3.8, 4) is 5.75 Å². The van der Waals surface area contributed by atoms with Gasteiger partial charge in [0, 0.05) is 6.54 Å². The molecule has 0 saturated carbocycles. The van der Waals surface area contributed by atoms with Gasteiger partial charge in [-0.3, -0.25) is 4.52 Å². The van der Waals surface area contributed by atoms with Gasteiger partial charge in [-0.2, -0.15) is 0 Å². The summed E-state index contributed by atoms with van der Waals surface area (Å²) in [5.41, 5.74) is 2.39. The molecule has 0 aromatic heterocycles. The Labute approximate surface area is 188 Å². The van der Waals surface area contributed by atoms with E-state index in [0.29, 0.717) is 5.75 Å². The van der Waals surface area contributed by atoms with Crippen molar-refractivity contribution < 1.29 is 32.7 Å². The minimum Gasteiger partial charge on any atom is -0.464 e. The summed E-state index contributed by atoms with van der Waals surface area (Å²) in [7, 11) is -3.83. The lowest BCUT2D eigenvalue weighted by Gasteiger charge is -2.24. The number of aryl methyl sites for hydroxylation is 2. The third kappa shape index (κ3) is 8.02. The van der Waals surface area contributed by atoms with Crippen LogP contribution in [0.3, 0.4) is 0 Å². The molecule has 0 heterocycles. The second kappa shape index (κ2) is 12.3. The van der Waals surface area contributed by atoms with Gasteiger partial charge >= 0.3 is 19.7 Å². The third-order valence-electron chi connectivity index (χ3n) is 4.44. The van der Waals surface area contributed by atoms with Crippen molar-refractivity contribution >= 4 is 19.7 Å². The average Bonchev–Trinajstić information content (AvgIpc) is 2.76. The van der Waals surface area contributed by atoms with E-state index in [1.165, 1.54) is 6.92 Å². The fourth-order valence-electron chi connectivity index (χ4n) is 2.81. The smallest absolute Gasteiger partial charge is 0.407 e. The third-order valence-corrected chi connectivity index (χ3v) is 6.31. The first-order valence-corrected chi connectivity index (χ1v) is 12.1. The Morgan fingerprint density at radius 3 is 2.28 bits per heavy atom. The molecule has 0 aliphatic heterocycles. The summed E-state index contributed by atoms with van der Waals surface area (Å²) >= 11 is 0. The van der Waals surface area contributed by atoms with Gasteiger partial charge in [0.15, 0.2) is 6.10 Å². The lowest BCUT2D eigenvalue weighted by atomic mass is 10.1. The molecule has 2 aromatic rings. The molecule has 1 amide bonds. The molecule has 0 aliphatic carbocycles. The van der Waals surface area contributed by atoms with Crippen LogP contribution in [-0.4, -0.2) is 37.5 Å². The Bertz CT molecular complexity index is 928. The monoisotopic (exact) mass is 463 g/mol. The van der Waals surface area contributed by atoms with Gasteiger partial charge in [-0.05, 0) is 44.4 Å². The first kappa shape index (κ1) is 25.4. The molecular formula is C23H30NO7P. The number of ether oxygens (including phenoxy) is 2. The number of amides is 1. The largest absolute Gasteiger partial charge is 0.464 e. The maximum atomic E-state index is 13.5. The molecule has 1 unspecified atom stereocenters. The summed E-state index contributed by atoms with van der Waals surface area (Å²) in [4.78, 5) is 24.0. The van der Waals surface area contributed by atoms with Gasteiger partial charge < -0.3 is 19.3 Å². The molecule has 1 N–H and O–H groups in total. The molecule has 2 rings (SSSR count). The molecule has 8 nitrogen and oxygen atoms in total. The van der Waals surface area contributed by atoms with Gasteiger partial charge in [0.25, 0.3) is 0 Å². The minimum absolute atomic E-state index is 0.0363. The normalized spacial score (nSPS) is 13.5. The van der Waals surface area contributed by atoms with Crippen molar-refractivity contribution in [3.05, 3.63) is 65.2 Å². The van der Waals surface area contributed by atoms with E-state index in [-0.39, 0.29) is 25.9 Å². The van der Waals surface area contributed by atoms with E-state index in [9.17, 15) is 14.2 Å². The van der Waals surface area contributed by atoms with Crippen LogP contribution in [0.5, 0.6) is 5.75 Å². The molecule has 32 heavy (non-hydrogen) atoms. The van der Waals surface area contributed by atoms with Crippen molar-refractivity contribution in [1.82, 2.24) is 5.32 Å². The number of hydrogen-bond acceptors (Lipinski definition) is 7. The number of para-hydroxylation sites is 1. The maximum absolute atomic E-state index is 13.5. The van der Waals surface area contributed by atoms with E-state index in [0.717, 1.165) is 16.7 Å². The number of alkyl carbamates (subject to hydrolysis) is 1. The van der Waals surface area contributed by atoms with Crippen molar-refractivity contribution in [1.29, 1.82) is 0 Å². The van der Waals surface area contributed by atoms with Gasteiger partial charge in [0.1, 0.15) is 12.4 Å². The Balaban J connectivity index is 2.02. The minimum atomic E-state index is -3.83. The summed E-state index contributed by atoms with van der Waals surface area (Å²) in [5.74, 6) is -0.230. The Kier molecular flexibility index (Phi) is 9.75. The van der Waals surface area contributed by atoms with Crippen LogP contribution in [0.25, 0.3) is 0 Å². The molecule has 174 valence electrons. The molecule has 0 radical (unpaired) electrons. The first-order chi connectivity index (χ1) is 15.2. The van der Waals surface area contributed by atoms with Crippen molar-refractivity contribution in [2.24, 2.45) is 0 Å². The van der Waals surface area contributed by atoms with E-state index < -0.39 is 25.8 Å². The highest BCUT2D eigenvalue weighted by Gasteiger charge is 2.33. The van der Waals surface area contributed by atoms with Crippen molar-refractivity contribution in [3.63, 3.8) is 0 Å². The maximum Gasteiger partial charge on any atom is 0.407 e. The van der Waals surface area contributed by atoms with Crippen molar-refractivity contribution in [2.45, 2.75) is 40.4 Å². The molecule has 0 bridgehead atoms. The zero-order valence-electron chi connectivity index (χ0n) is 18.8. The van der Waals surface area contributed by atoms with Gasteiger partial charge in [0.2, 0.25) is 0 Å². The standard InChI is InChI=1S/C23H30NO7P/c1-5-28-22(25)19(4)30-32(27,31-21-17(2)10-9-11-18(21)3)15-14-24-23(26)29-16-20-12-7-6-8-13-20/h6-13,19H,5,14-16H2,1-4H3,(H,24,26)/t19-,32?/m0/s1. The molecular weight excluding hydrogens is 433 g/mol. The van der Waals surface area contributed by atoms with Gasteiger partial charge in [-0.25, -0.2) is 14.2 Å². The molecule has 2 atom stereocenters. The van der Waals surface area contributed by atoms with Crippen LogP contribution in [0.15, 0.2) is 48.5 Å². The summed E-state index contributed by atoms with van der Waals surface area (Å²) in [6, 6.07) is 14.7. The molecule has 0 fully saturated rings. The Morgan fingerprint density at radius 1 is 1.00 bits per heavy atom. The number of nitrogens with one attached hydrogen (secondary N) is 1. The highest BCUT2D eigenvalue weighted by molar-refractivity contribution is 7.54. The number of rotatable bonds is 11. The highest BCUT2D eigenvalue weighted by Crippen LogP contribution is 2.50. The van der Waals surface area contributed by atoms with Gasteiger partial charge in [0.05, 0.1) is 12.8 Å². The molecule has 0 aliphatic rings. The van der Waals surface area contributed by atoms with E-state index in [2.05, 4.69) is 5.32 Å². The Morgan fingerprint density at radius 2 is 1.66 bits per heavy atom. The van der Waals surface area contributed by atoms with Gasteiger partial charge in [-0.15, -0.1) is 0 Å². The van der Waals surface area contributed by atoms with E-state index in [1.54, 1.807) is 6.92 Å². The zero-order valence-corrected chi connectivity index (χ0v) is 19.7. The zero-order chi connectivity index (χ0) is 23.6. The highest BCUT2D eigenvalue weighted by atomic mass is 31.2. The predicted molar refractivity (Wildman–Crippen MR) is 121 cm³/mol. The van der Waals surface area contributed by atoms with Crippen molar-refractivity contribution in [2.75, 3.05) is 19.3 Å². The van der Waals surface area contributed by atoms with Crippen LogP contribution in [0.1, 0.15) is 30.5 Å². The van der Waals surface area contributed by atoms with Crippen LogP contribution >= 0.6 is 7.60 Å². The van der Waals surface area contributed by atoms with Crippen LogP contribution in [-0.2, 0) is 30.0 Å². The van der Waals surface area contributed by atoms with Crippen LogP contribution in [0.2, 0.25) is 0 Å². The quantitative estimate of drug-likeness (QED) is 0.378. The second-order valence-corrected chi connectivity index (χ2v) is 9.20. The molecule has 2 aromatic carbocycles. The second-order valence-electron chi connectivity index (χ2n) is 7.13. The topological polar surface area (TPSA) is 100 Å².